The molecule has 3 aromatic rings. The summed E-state index contributed by atoms with van der Waals surface area (Å²) in [4.78, 5) is 44.0. The van der Waals surface area contributed by atoms with Crippen LogP contribution >= 0.6 is 0 Å². The summed E-state index contributed by atoms with van der Waals surface area (Å²) in [5.41, 5.74) is 6.63. The maximum Gasteiger partial charge on any atom is 0.322 e. The van der Waals surface area contributed by atoms with Crippen LogP contribution in [0.2, 0.25) is 0 Å². The third kappa shape index (κ3) is 4.07. The van der Waals surface area contributed by atoms with Crippen LogP contribution in [0.4, 0.5) is 9.18 Å². The first kappa shape index (κ1) is 22.9. The van der Waals surface area contributed by atoms with Crippen molar-refractivity contribution in [3.63, 3.8) is 0 Å². The number of imide groups is 1. The van der Waals surface area contributed by atoms with Crippen molar-refractivity contribution in [1.29, 1.82) is 0 Å². The molecule has 36 heavy (non-hydrogen) atoms. The Hall–Kier alpha value is -4.91. The van der Waals surface area contributed by atoms with Gasteiger partial charge in [0.05, 0.1) is 18.4 Å². The summed E-state index contributed by atoms with van der Waals surface area (Å²) in [5.74, 6) is 1.76. The van der Waals surface area contributed by atoms with E-state index in [4.69, 9.17) is 10.5 Å². The molecule has 2 aliphatic rings. The number of nitrogens with one attached hydrogen (secondary N) is 2. The number of rotatable bonds is 6. The second-order valence-corrected chi connectivity index (χ2v) is 8.34. The summed E-state index contributed by atoms with van der Waals surface area (Å²) >= 11 is 0. The topological polar surface area (TPSA) is 127 Å². The summed E-state index contributed by atoms with van der Waals surface area (Å²) in [7, 11) is 0. The number of pyridine rings is 1. The summed E-state index contributed by atoms with van der Waals surface area (Å²) in [6.45, 7) is 0.270. The van der Waals surface area contributed by atoms with E-state index in [0.29, 0.717) is 28.1 Å². The largest absolute Gasteiger partial charge is 0.481 e. The highest BCUT2D eigenvalue weighted by molar-refractivity contribution is 6.08. The zero-order chi connectivity index (χ0) is 25.3. The van der Waals surface area contributed by atoms with Crippen LogP contribution in [0, 0.1) is 17.8 Å². The summed E-state index contributed by atoms with van der Waals surface area (Å²) in [5, 5.41) is 4.99. The quantitative estimate of drug-likeness (QED) is 0.278. The minimum atomic E-state index is -1.49. The van der Waals surface area contributed by atoms with Gasteiger partial charge in [-0.2, -0.15) is 0 Å². The van der Waals surface area contributed by atoms with Crippen molar-refractivity contribution in [2.75, 3.05) is 13.2 Å². The lowest BCUT2D eigenvalue weighted by Crippen LogP contribution is -2.52. The number of urea groups is 1. The molecule has 0 saturated carbocycles. The molecule has 1 fully saturated rings. The van der Waals surface area contributed by atoms with Gasteiger partial charge < -0.3 is 20.7 Å². The van der Waals surface area contributed by atoms with Gasteiger partial charge in [-0.25, -0.2) is 9.18 Å². The van der Waals surface area contributed by atoms with Crippen molar-refractivity contribution in [1.82, 2.24) is 20.5 Å². The van der Waals surface area contributed by atoms with E-state index < -0.39 is 23.3 Å². The molecule has 2 aliphatic heterocycles. The molecule has 180 valence electrons. The van der Waals surface area contributed by atoms with E-state index in [1.165, 1.54) is 11.0 Å². The number of ether oxygens (including phenoxy) is 1. The van der Waals surface area contributed by atoms with Gasteiger partial charge in [-0.3, -0.25) is 19.9 Å². The van der Waals surface area contributed by atoms with Crippen LogP contribution < -0.4 is 21.1 Å². The molecule has 0 radical (unpaired) electrons. The normalized spacial score (nSPS) is 18.2. The van der Waals surface area contributed by atoms with Crippen molar-refractivity contribution in [2.45, 2.75) is 12.1 Å². The first-order valence-electron chi connectivity index (χ1n) is 11.0. The SMILES string of the molecule is NC#CCOc1ccc2c(c1)C(=O)N(C[C@@]1(c3ccc(-c4ccc(F)cn4)cc3)NC(=O)NC1=O)C2. The van der Waals surface area contributed by atoms with Gasteiger partial charge in [-0.15, -0.1) is 0 Å². The van der Waals surface area contributed by atoms with E-state index in [-0.39, 0.29) is 25.6 Å². The smallest absolute Gasteiger partial charge is 0.322 e. The number of halogens is 1. The predicted octanol–water partition coefficient (Wildman–Crippen LogP) is 1.88. The van der Waals surface area contributed by atoms with Crippen molar-refractivity contribution in [3.05, 3.63) is 83.3 Å². The van der Waals surface area contributed by atoms with E-state index in [9.17, 15) is 18.8 Å². The first-order chi connectivity index (χ1) is 17.4. The number of carbonyl (C=O) groups is 3. The van der Waals surface area contributed by atoms with E-state index in [1.54, 1.807) is 48.5 Å². The zero-order valence-electron chi connectivity index (χ0n) is 18.9. The van der Waals surface area contributed by atoms with Crippen LogP contribution in [0.5, 0.6) is 5.75 Å². The molecular formula is C26H20FN5O4. The standard InChI is InChI=1S/C26H20FN5O4/c27-19-7-9-22(29-13-19)16-2-5-18(6-3-16)26(24(34)30-25(35)31-26)15-32-14-17-4-8-20(36-11-1-10-28)12-21(17)23(32)33/h2-9,12-13H,11,14-15,28H2,(H2,30,31,34,35)/t26-/m0/s1. The van der Waals surface area contributed by atoms with E-state index in [0.717, 1.165) is 11.8 Å². The molecule has 0 unspecified atom stereocenters. The number of carbonyl (C=O) groups excluding carboxylic acids is 3. The van der Waals surface area contributed by atoms with Crippen molar-refractivity contribution in [3.8, 4) is 29.0 Å². The minimum absolute atomic E-state index is 0.0823. The fourth-order valence-corrected chi connectivity index (χ4v) is 4.37. The van der Waals surface area contributed by atoms with Crippen LogP contribution in [-0.2, 0) is 16.9 Å². The molecule has 3 heterocycles. The highest BCUT2D eigenvalue weighted by atomic mass is 19.1. The van der Waals surface area contributed by atoms with Crippen LogP contribution in [0.15, 0.2) is 60.8 Å². The van der Waals surface area contributed by atoms with Gasteiger partial charge in [0.1, 0.15) is 11.6 Å². The highest BCUT2D eigenvalue weighted by Gasteiger charge is 2.50. The van der Waals surface area contributed by atoms with Gasteiger partial charge in [-0.05, 0) is 41.3 Å². The number of nitrogens with zero attached hydrogens (tertiary/aromatic N) is 2. The molecule has 0 spiro atoms. The molecule has 2 aromatic carbocycles. The van der Waals surface area contributed by atoms with Gasteiger partial charge in [0.2, 0.25) is 0 Å². The molecule has 0 aliphatic carbocycles. The summed E-state index contributed by atoms with van der Waals surface area (Å²) in [6, 6.07) is 16.4. The molecule has 5 rings (SSSR count). The molecule has 1 saturated heterocycles. The van der Waals surface area contributed by atoms with Gasteiger partial charge in [0.15, 0.2) is 12.1 Å². The van der Waals surface area contributed by atoms with Crippen LogP contribution in [0.3, 0.4) is 0 Å². The van der Waals surface area contributed by atoms with Gasteiger partial charge in [-0.1, -0.05) is 30.3 Å². The predicted molar refractivity (Wildman–Crippen MR) is 127 cm³/mol. The number of nitrogens with two attached hydrogens (primary N) is 1. The Labute approximate surface area is 205 Å². The molecule has 1 atom stereocenters. The Morgan fingerprint density at radius 2 is 1.92 bits per heavy atom. The Morgan fingerprint density at radius 1 is 1.11 bits per heavy atom. The highest BCUT2D eigenvalue weighted by Crippen LogP contribution is 2.33. The Morgan fingerprint density at radius 3 is 2.58 bits per heavy atom. The molecule has 9 nitrogen and oxygen atoms in total. The lowest BCUT2D eigenvalue weighted by molar-refractivity contribution is -0.124. The third-order valence-electron chi connectivity index (χ3n) is 6.14. The minimum Gasteiger partial charge on any atom is -0.481 e. The number of aromatic nitrogens is 1. The van der Waals surface area contributed by atoms with Crippen LogP contribution in [-0.4, -0.2) is 40.9 Å². The first-order valence-corrected chi connectivity index (χ1v) is 11.0. The molecule has 4 N–H and O–H groups in total. The number of hydrogen-bond donors (Lipinski definition) is 3. The van der Waals surface area contributed by atoms with Crippen molar-refractivity contribution in [2.24, 2.45) is 5.73 Å². The molecule has 1 aromatic heterocycles. The molecule has 4 amide bonds. The summed E-state index contributed by atoms with van der Waals surface area (Å²) in [6.07, 6.45) is 1.12. The average molecular weight is 485 g/mol. The van der Waals surface area contributed by atoms with Gasteiger partial charge in [0, 0.05) is 23.7 Å². The monoisotopic (exact) mass is 485 g/mol. The number of amides is 4. The van der Waals surface area contributed by atoms with Crippen LogP contribution in [0.1, 0.15) is 21.5 Å². The average Bonchev–Trinajstić information content (AvgIpc) is 3.34. The third-order valence-corrected chi connectivity index (χ3v) is 6.14. The van der Waals surface area contributed by atoms with E-state index >= 15 is 0 Å². The fraction of sp³-hybridized carbons (Fsp3) is 0.154. The maximum absolute atomic E-state index is 13.2. The second kappa shape index (κ2) is 9.03. The summed E-state index contributed by atoms with van der Waals surface area (Å²) < 4.78 is 18.7. The van der Waals surface area contributed by atoms with E-state index in [2.05, 4.69) is 27.6 Å². The Bertz CT molecular complexity index is 1430. The van der Waals surface area contributed by atoms with Crippen molar-refractivity contribution < 1.29 is 23.5 Å². The van der Waals surface area contributed by atoms with E-state index in [1.807, 2.05) is 0 Å². The molecule has 0 bridgehead atoms. The molecular weight excluding hydrogens is 465 g/mol. The Balaban J connectivity index is 1.42. The van der Waals surface area contributed by atoms with Crippen LogP contribution in [0.25, 0.3) is 11.3 Å². The lowest BCUT2D eigenvalue weighted by Gasteiger charge is -2.31. The second-order valence-electron chi connectivity index (χ2n) is 8.34. The Kier molecular flexibility index (Phi) is 5.74. The van der Waals surface area contributed by atoms with Gasteiger partial charge in [0.25, 0.3) is 11.8 Å². The fourth-order valence-electron chi connectivity index (χ4n) is 4.37. The number of benzene rings is 2. The number of fused-ring (bicyclic) bond motifs is 1. The maximum atomic E-state index is 13.2. The number of hydrogen-bond acceptors (Lipinski definition) is 6. The lowest BCUT2D eigenvalue weighted by atomic mass is 9.88. The van der Waals surface area contributed by atoms with Gasteiger partial charge >= 0.3 is 6.03 Å². The molecule has 10 heteroatoms. The van der Waals surface area contributed by atoms with Crippen molar-refractivity contribution >= 4 is 17.8 Å². The zero-order valence-corrected chi connectivity index (χ0v) is 18.9.